The first-order valence-corrected chi connectivity index (χ1v) is 13.3. The van der Waals surface area contributed by atoms with Gasteiger partial charge in [0.25, 0.3) is 5.56 Å². The zero-order valence-corrected chi connectivity index (χ0v) is 23.2. The molecule has 11 nitrogen and oxygen atoms in total. The van der Waals surface area contributed by atoms with Crippen molar-refractivity contribution in [3.05, 3.63) is 76.7 Å². The minimum absolute atomic E-state index is 0.00635. The summed E-state index contributed by atoms with van der Waals surface area (Å²) in [5.41, 5.74) is 0.158. The Kier molecular flexibility index (Phi) is 13.7. The summed E-state index contributed by atoms with van der Waals surface area (Å²) in [5, 5.41) is 7.84. The average Bonchev–Trinajstić information content (AvgIpc) is 2.92. The molecule has 40 heavy (non-hydrogen) atoms. The lowest BCUT2D eigenvalue weighted by Gasteiger charge is -2.18. The predicted octanol–water partition coefficient (Wildman–Crippen LogP) is 3.14. The van der Waals surface area contributed by atoms with Gasteiger partial charge >= 0.3 is 12.1 Å². The first-order valence-electron chi connectivity index (χ1n) is 13.3. The SMILES string of the molecule is CCOC(=O)/C=C/CC[C@H](NC(=O)OCc1ccccc1)C(=O)Nc1cccn(CC(=O)NCCC(C)C)c1=O. The summed E-state index contributed by atoms with van der Waals surface area (Å²) in [5.74, 6) is -1.06. The lowest BCUT2D eigenvalue weighted by atomic mass is 10.1. The molecule has 0 aliphatic heterocycles. The molecule has 2 aromatic rings. The van der Waals surface area contributed by atoms with Crippen molar-refractivity contribution in [2.75, 3.05) is 18.5 Å². The van der Waals surface area contributed by atoms with Gasteiger partial charge in [-0.25, -0.2) is 9.59 Å². The molecule has 1 heterocycles. The minimum atomic E-state index is -1.08. The van der Waals surface area contributed by atoms with Gasteiger partial charge in [-0.2, -0.15) is 0 Å². The summed E-state index contributed by atoms with van der Waals surface area (Å²) in [6, 6.07) is 10.9. The molecule has 0 aliphatic rings. The van der Waals surface area contributed by atoms with E-state index in [1.54, 1.807) is 19.1 Å². The van der Waals surface area contributed by atoms with Crippen molar-refractivity contribution in [1.29, 1.82) is 0 Å². The van der Waals surface area contributed by atoms with Crippen LogP contribution in [0, 0.1) is 5.92 Å². The standard InChI is InChI=1S/C29H38N4O7/c1-4-39-26(35)15-9-8-13-23(32-29(38)40-20-22-11-6-5-7-12-22)27(36)31-24-14-10-18-33(28(24)37)19-25(34)30-17-16-21(2)3/h5-7,9-12,14-15,18,21,23H,4,8,13,16-17,19-20H2,1-3H3,(H,30,34)(H,31,36)(H,32,38)/b15-9+/t23-/m0/s1. The highest BCUT2D eigenvalue weighted by Gasteiger charge is 2.22. The molecular formula is C29H38N4O7. The zero-order chi connectivity index (χ0) is 29.3. The van der Waals surface area contributed by atoms with Crippen molar-refractivity contribution >= 4 is 29.6 Å². The second kappa shape index (κ2) is 17.2. The fourth-order valence-corrected chi connectivity index (χ4v) is 3.50. The highest BCUT2D eigenvalue weighted by molar-refractivity contribution is 5.96. The summed E-state index contributed by atoms with van der Waals surface area (Å²) < 4.78 is 11.3. The average molecular weight is 555 g/mol. The number of pyridine rings is 1. The maximum atomic E-state index is 13.1. The Morgan fingerprint density at radius 1 is 1.00 bits per heavy atom. The predicted molar refractivity (Wildman–Crippen MR) is 150 cm³/mol. The van der Waals surface area contributed by atoms with E-state index in [1.165, 1.54) is 35.0 Å². The van der Waals surface area contributed by atoms with Crippen LogP contribution in [0.2, 0.25) is 0 Å². The Hall–Kier alpha value is -4.41. The number of carbonyl (C=O) groups is 4. The molecule has 0 unspecified atom stereocenters. The molecule has 0 spiro atoms. The van der Waals surface area contributed by atoms with Crippen LogP contribution in [0.5, 0.6) is 0 Å². The Labute approximate surface area is 233 Å². The number of allylic oxidation sites excluding steroid dienone is 1. The fourth-order valence-electron chi connectivity index (χ4n) is 3.50. The Bertz CT molecular complexity index is 1210. The van der Waals surface area contributed by atoms with E-state index in [4.69, 9.17) is 9.47 Å². The van der Waals surface area contributed by atoms with E-state index in [0.717, 1.165) is 12.0 Å². The van der Waals surface area contributed by atoms with Gasteiger partial charge in [-0.15, -0.1) is 0 Å². The molecule has 3 N–H and O–H groups in total. The first-order chi connectivity index (χ1) is 19.2. The van der Waals surface area contributed by atoms with Crippen LogP contribution in [0.1, 0.15) is 45.6 Å². The normalized spacial score (nSPS) is 11.6. The van der Waals surface area contributed by atoms with E-state index < -0.39 is 29.6 Å². The van der Waals surface area contributed by atoms with E-state index in [-0.39, 0.29) is 44.2 Å². The molecule has 0 radical (unpaired) electrons. The van der Waals surface area contributed by atoms with Crippen molar-refractivity contribution in [1.82, 2.24) is 15.2 Å². The second-order valence-corrected chi connectivity index (χ2v) is 9.37. The van der Waals surface area contributed by atoms with Crippen LogP contribution in [0.15, 0.2) is 65.6 Å². The van der Waals surface area contributed by atoms with E-state index >= 15 is 0 Å². The number of amides is 3. The van der Waals surface area contributed by atoms with Crippen LogP contribution >= 0.6 is 0 Å². The summed E-state index contributed by atoms with van der Waals surface area (Å²) >= 11 is 0. The number of alkyl carbamates (subject to hydrolysis) is 1. The van der Waals surface area contributed by atoms with Gasteiger partial charge in [0.1, 0.15) is 24.9 Å². The molecule has 1 aromatic heterocycles. The number of benzene rings is 1. The number of nitrogens with one attached hydrogen (secondary N) is 3. The molecule has 0 saturated heterocycles. The first kappa shape index (κ1) is 31.8. The zero-order valence-electron chi connectivity index (χ0n) is 23.2. The highest BCUT2D eigenvalue weighted by Crippen LogP contribution is 2.07. The molecular weight excluding hydrogens is 516 g/mol. The Morgan fingerprint density at radius 2 is 1.75 bits per heavy atom. The van der Waals surface area contributed by atoms with Gasteiger partial charge in [0.05, 0.1) is 6.61 Å². The van der Waals surface area contributed by atoms with Crippen molar-refractivity contribution in [2.24, 2.45) is 5.92 Å². The molecule has 0 fully saturated rings. The van der Waals surface area contributed by atoms with Gasteiger partial charge in [-0.05, 0) is 49.8 Å². The maximum absolute atomic E-state index is 13.1. The summed E-state index contributed by atoms with van der Waals surface area (Å²) in [7, 11) is 0. The summed E-state index contributed by atoms with van der Waals surface area (Å²) in [6.45, 7) is 6.32. The van der Waals surface area contributed by atoms with Crippen LogP contribution in [-0.2, 0) is 37.0 Å². The number of hydrogen-bond acceptors (Lipinski definition) is 7. The van der Waals surface area contributed by atoms with Crippen LogP contribution < -0.4 is 21.5 Å². The minimum Gasteiger partial charge on any atom is -0.463 e. The van der Waals surface area contributed by atoms with Gasteiger partial charge in [0.2, 0.25) is 11.8 Å². The van der Waals surface area contributed by atoms with Crippen molar-refractivity contribution < 1.29 is 28.7 Å². The monoisotopic (exact) mass is 554 g/mol. The number of hydrogen-bond donors (Lipinski definition) is 3. The maximum Gasteiger partial charge on any atom is 0.408 e. The van der Waals surface area contributed by atoms with E-state index in [0.29, 0.717) is 12.5 Å². The second-order valence-electron chi connectivity index (χ2n) is 9.37. The smallest absolute Gasteiger partial charge is 0.408 e. The van der Waals surface area contributed by atoms with Gasteiger partial charge in [-0.3, -0.25) is 14.4 Å². The number of esters is 1. The lowest BCUT2D eigenvalue weighted by molar-refractivity contribution is -0.137. The third kappa shape index (κ3) is 12.0. The van der Waals surface area contributed by atoms with Gasteiger partial charge in [0, 0.05) is 18.8 Å². The molecule has 0 saturated carbocycles. The van der Waals surface area contributed by atoms with Crippen LogP contribution in [0.4, 0.5) is 10.5 Å². The van der Waals surface area contributed by atoms with Crippen LogP contribution in [0.3, 0.4) is 0 Å². The molecule has 1 aromatic carbocycles. The number of ether oxygens (including phenoxy) is 2. The number of rotatable bonds is 15. The Balaban J connectivity index is 2.07. The van der Waals surface area contributed by atoms with Gasteiger partial charge in [-0.1, -0.05) is 50.3 Å². The summed E-state index contributed by atoms with van der Waals surface area (Å²) in [4.78, 5) is 62.3. The van der Waals surface area contributed by atoms with E-state index in [1.807, 2.05) is 32.0 Å². The van der Waals surface area contributed by atoms with Crippen molar-refractivity contribution in [2.45, 2.75) is 59.2 Å². The fraction of sp³-hybridized carbons (Fsp3) is 0.414. The van der Waals surface area contributed by atoms with Gasteiger partial charge in [0.15, 0.2) is 0 Å². The topological polar surface area (TPSA) is 145 Å². The number of aromatic nitrogens is 1. The van der Waals surface area contributed by atoms with Crippen LogP contribution in [-0.4, -0.2) is 47.6 Å². The molecule has 0 aliphatic carbocycles. The molecule has 0 bridgehead atoms. The number of anilines is 1. The Morgan fingerprint density at radius 3 is 2.45 bits per heavy atom. The number of nitrogens with zero attached hydrogens (tertiary/aromatic N) is 1. The molecule has 216 valence electrons. The molecule has 3 amide bonds. The van der Waals surface area contributed by atoms with Crippen molar-refractivity contribution in [3.63, 3.8) is 0 Å². The van der Waals surface area contributed by atoms with Crippen LogP contribution in [0.25, 0.3) is 0 Å². The number of carbonyl (C=O) groups excluding carboxylic acids is 4. The van der Waals surface area contributed by atoms with E-state index in [2.05, 4.69) is 16.0 Å². The highest BCUT2D eigenvalue weighted by atomic mass is 16.5. The molecule has 2 rings (SSSR count). The van der Waals surface area contributed by atoms with Crippen molar-refractivity contribution in [3.8, 4) is 0 Å². The quantitative estimate of drug-likeness (QED) is 0.227. The van der Waals surface area contributed by atoms with E-state index in [9.17, 15) is 24.0 Å². The third-order valence-corrected chi connectivity index (χ3v) is 5.62. The lowest BCUT2D eigenvalue weighted by Crippen LogP contribution is -2.44. The largest absolute Gasteiger partial charge is 0.463 e. The van der Waals surface area contributed by atoms with Gasteiger partial charge < -0.3 is 30.0 Å². The third-order valence-electron chi connectivity index (χ3n) is 5.62. The molecule has 1 atom stereocenters. The molecule has 11 heteroatoms. The summed E-state index contributed by atoms with van der Waals surface area (Å²) in [6.07, 6.45) is 4.59.